The van der Waals surface area contributed by atoms with E-state index in [4.69, 9.17) is 10.8 Å². The van der Waals surface area contributed by atoms with Gasteiger partial charge in [-0.15, -0.1) is 0 Å². The van der Waals surface area contributed by atoms with Gasteiger partial charge in [0, 0.05) is 12.7 Å². The minimum Gasteiger partial charge on any atom is -0.478 e. The molecule has 3 aromatic rings. The van der Waals surface area contributed by atoms with Crippen molar-refractivity contribution < 1.29 is 9.90 Å². The van der Waals surface area contributed by atoms with E-state index in [9.17, 15) is 9.59 Å². The topological polar surface area (TPSA) is 114 Å². The molecule has 0 amide bonds. The van der Waals surface area contributed by atoms with E-state index < -0.39 is 5.97 Å². The van der Waals surface area contributed by atoms with E-state index in [1.807, 2.05) is 0 Å². The van der Waals surface area contributed by atoms with E-state index in [1.54, 1.807) is 41.1 Å². The normalized spacial score (nSPS) is 10.9. The second-order valence-electron chi connectivity index (χ2n) is 4.92. The largest absolute Gasteiger partial charge is 0.478 e. The molecule has 0 fully saturated rings. The molecule has 22 heavy (non-hydrogen) atoms. The fourth-order valence-corrected chi connectivity index (χ4v) is 2.38. The average Bonchev–Trinajstić information content (AvgIpc) is 2.97. The van der Waals surface area contributed by atoms with Gasteiger partial charge < -0.3 is 15.8 Å². The lowest BCUT2D eigenvalue weighted by molar-refractivity contribution is 0.0697. The quantitative estimate of drug-likeness (QED) is 0.670. The van der Waals surface area contributed by atoms with Crippen LogP contribution in [0.1, 0.15) is 15.9 Å². The van der Waals surface area contributed by atoms with Crippen molar-refractivity contribution in [2.45, 2.75) is 13.0 Å². The van der Waals surface area contributed by atoms with Crippen molar-refractivity contribution in [2.24, 2.45) is 0 Å². The van der Waals surface area contributed by atoms with Crippen molar-refractivity contribution in [1.82, 2.24) is 14.5 Å². The summed E-state index contributed by atoms with van der Waals surface area (Å²) in [5.41, 5.74) is 7.34. The monoisotopic (exact) mass is 298 g/mol. The number of aromatic amines is 1. The number of hydrogen-bond acceptors (Lipinski definition) is 4. The van der Waals surface area contributed by atoms with Crippen LogP contribution in [0.3, 0.4) is 0 Å². The maximum atomic E-state index is 11.7. The second-order valence-corrected chi connectivity index (χ2v) is 4.92. The van der Waals surface area contributed by atoms with Gasteiger partial charge in [-0.2, -0.15) is 4.98 Å². The Bertz CT molecular complexity index is 893. The molecular weight excluding hydrogens is 284 g/mol. The standard InChI is InChI=1S/C15H14N4O3/c16-15-18-13(20)11-5-7-17-12(11)19(15)8-6-9-1-3-10(4-2-9)14(21)22/h1-5,7,17H,6,8H2,(H,21,22)(H2,16,18,20). The summed E-state index contributed by atoms with van der Waals surface area (Å²) in [5.74, 6) is -0.796. The Morgan fingerprint density at radius 1 is 1.27 bits per heavy atom. The third kappa shape index (κ3) is 2.44. The number of nitrogen functional groups attached to an aromatic ring is 1. The van der Waals surface area contributed by atoms with Crippen LogP contribution in [0.5, 0.6) is 0 Å². The predicted octanol–water partition coefficient (Wildman–Crippen LogP) is 1.25. The van der Waals surface area contributed by atoms with Gasteiger partial charge >= 0.3 is 5.97 Å². The van der Waals surface area contributed by atoms with Crippen LogP contribution in [0.15, 0.2) is 41.3 Å². The Kier molecular flexibility index (Phi) is 3.38. The molecule has 4 N–H and O–H groups in total. The van der Waals surface area contributed by atoms with E-state index in [1.165, 1.54) is 0 Å². The number of carboxylic acid groups (broad SMARTS) is 1. The number of nitrogens with two attached hydrogens (primary N) is 1. The summed E-state index contributed by atoms with van der Waals surface area (Å²) in [5, 5.41) is 9.37. The first kappa shape index (κ1) is 13.9. The van der Waals surface area contributed by atoms with E-state index >= 15 is 0 Å². The molecule has 7 heteroatoms. The van der Waals surface area contributed by atoms with Crippen LogP contribution >= 0.6 is 0 Å². The number of carboxylic acids is 1. The molecular formula is C15H14N4O3. The number of hydrogen-bond donors (Lipinski definition) is 3. The highest BCUT2D eigenvalue weighted by molar-refractivity contribution is 5.87. The van der Waals surface area contributed by atoms with Crippen molar-refractivity contribution in [3.63, 3.8) is 0 Å². The van der Waals surface area contributed by atoms with Crippen molar-refractivity contribution in [2.75, 3.05) is 5.73 Å². The first-order valence-corrected chi connectivity index (χ1v) is 6.72. The molecule has 7 nitrogen and oxygen atoms in total. The van der Waals surface area contributed by atoms with Gasteiger partial charge in [0.2, 0.25) is 5.95 Å². The van der Waals surface area contributed by atoms with Crippen LogP contribution in [0, 0.1) is 0 Å². The molecule has 0 aliphatic rings. The molecule has 0 aliphatic heterocycles. The number of aromatic carboxylic acids is 1. The molecule has 1 aromatic carbocycles. The first-order valence-electron chi connectivity index (χ1n) is 6.72. The van der Waals surface area contributed by atoms with Crippen molar-refractivity contribution >= 4 is 23.0 Å². The Balaban J connectivity index is 1.86. The van der Waals surface area contributed by atoms with Gasteiger partial charge in [-0.3, -0.25) is 9.36 Å². The van der Waals surface area contributed by atoms with Gasteiger partial charge in [-0.05, 0) is 30.2 Å². The number of aromatic nitrogens is 3. The zero-order valence-corrected chi connectivity index (χ0v) is 11.6. The fourth-order valence-electron chi connectivity index (χ4n) is 2.38. The van der Waals surface area contributed by atoms with Gasteiger partial charge in [0.15, 0.2) is 0 Å². The molecule has 0 spiro atoms. The summed E-state index contributed by atoms with van der Waals surface area (Å²) in [4.78, 5) is 29.3. The van der Waals surface area contributed by atoms with Crippen LogP contribution in [-0.4, -0.2) is 25.6 Å². The summed E-state index contributed by atoms with van der Waals surface area (Å²) in [6.07, 6.45) is 2.31. The van der Waals surface area contributed by atoms with E-state index in [2.05, 4.69) is 9.97 Å². The summed E-state index contributed by atoms with van der Waals surface area (Å²) in [7, 11) is 0. The van der Waals surface area contributed by atoms with Gasteiger partial charge in [0.1, 0.15) is 5.65 Å². The molecule has 0 saturated heterocycles. The van der Waals surface area contributed by atoms with Gasteiger partial charge in [0.25, 0.3) is 5.56 Å². The minimum absolute atomic E-state index is 0.155. The number of fused-ring (bicyclic) bond motifs is 1. The number of H-pyrrole nitrogens is 1. The SMILES string of the molecule is Nc1nc(=O)c2cc[nH]c2n1CCc1ccc(C(=O)O)cc1. The number of aryl methyl sites for hydroxylation is 2. The molecule has 0 bridgehead atoms. The highest BCUT2D eigenvalue weighted by atomic mass is 16.4. The number of nitrogens with one attached hydrogen (secondary N) is 1. The lowest BCUT2D eigenvalue weighted by Crippen LogP contribution is -2.18. The van der Waals surface area contributed by atoms with Crippen LogP contribution < -0.4 is 11.3 Å². The lowest BCUT2D eigenvalue weighted by atomic mass is 10.1. The van der Waals surface area contributed by atoms with Crippen molar-refractivity contribution in [1.29, 1.82) is 0 Å². The summed E-state index contributed by atoms with van der Waals surface area (Å²) >= 11 is 0. The third-order valence-electron chi connectivity index (χ3n) is 3.54. The molecule has 2 heterocycles. The molecule has 3 rings (SSSR count). The molecule has 0 radical (unpaired) electrons. The van der Waals surface area contributed by atoms with Crippen LogP contribution in [-0.2, 0) is 13.0 Å². The van der Waals surface area contributed by atoms with Crippen LogP contribution in [0.4, 0.5) is 5.95 Å². The van der Waals surface area contributed by atoms with Gasteiger partial charge in [0.05, 0.1) is 10.9 Å². The fraction of sp³-hybridized carbons (Fsp3) is 0.133. The second kappa shape index (κ2) is 5.36. The van der Waals surface area contributed by atoms with E-state index in [-0.39, 0.29) is 17.1 Å². The van der Waals surface area contributed by atoms with Crippen molar-refractivity contribution in [3.8, 4) is 0 Å². The summed E-state index contributed by atoms with van der Waals surface area (Å²) in [6, 6.07) is 8.33. The van der Waals surface area contributed by atoms with Gasteiger partial charge in [-0.25, -0.2) is 4.79 Å². The zero-order valence-electron chi connectivity index (χ0n) is 11.6. The van der Waals surface area contributed by atoms with Crippen LogP contribution in [0.2, 0.25) is 0 Å². The van der Waals surface area contributed by atoms with E-state index in [0.717, 1.165) is 5.56 Å². The Hall–Kier alpha value is -3.09. The molecule has 2 aromatic heterocycles. The number of anilines is 1. The third-order valence-corrected chi connectivity index (χ3v) is 3.54. The minimum atomic E-state index is -0.950. The Labute approximate surface area is 125 Å². The lowest BCUT2D eigenvalue weighted by Gasteiger charge is -2.11. The highest BCUT2D eigenvalue weighted by Crippen LogP contribution is 2.13. The molecule has 0 atom stereocenters. The molecule has 0 unspecified atom stereocenters. The van der Waals surface area contributed by atoms with Gasteiger partial charge in [-0.1, -0.05) is 12.1 Å². The predicted molar refractivity (Wildman–Crippen MR) is 81.9 cm³/mol. The van der Waals surface area contributed by atoms with Crippen LogP contribution in [0.25, 0.3) is 11.0 Å². The molecule has 0 saturated carbocycles. The summed E-state index contributed by atoms with van der Waals surface area (Å²) < 4.78 is 1.74. The molecule has 112 valence electrons. The maximum Gasteiger partial charge on any atom is 0.335 e. The summed E-state index contributed by atoms with van der Waals surface area (Å²) in [6.45, 7) is 0.530. The Morgan fingerprint density at radius 2 is 2.00 bits per heavy atom. The van der Waals surface area contributed by atoms with Crippen molar-refractivity contribution in [3.05, 3.63) is 58.0 Å². The zero-order chi connectivity index (χ0) is 15.7. The number of nitrogens with zero attached hydrogens (tertiary/aromatic N) is 2. The maximum absolute atomic E-state index is 11.7. The number of carbonyl (C=O) groups is 1. The highest BCUT2D eigenvalue weighted by Gasteiger charge is 2.09. The smallest absolute Gasteiger partial charge is 0.335 e. The van der Waals surface area contributed by atoms with E-state index in [0.29, 0.717) is 24.0 Å². The first-order chi connectivity index (χ1) is 10.6. The number of rotatable bonds is 4. The Morgan fingerprint density at radius 3 is 2.68 bits per heavy atom. The average molecular weight is 298 g/mol. The molecule has 0 aliphatic carbocycles. The number of benzene rings is 1.